The van der Waals surface area contributed by atoms with E-state index in [1.165, 1.54) is 18.4 Å². The van der Waals surface area contributed by atoms with Crippen LogP contribution in [0.2, 0.25) is 0 Å². The number of esters is 1. The maximum absolute atomic E-state index is 12.3. The summed E-state index contributed by atoms with van der Waals surface area (Å²) in [6.45, 7) is 8.18. The summed E-state index contributed by atoms with van der Waals surface area (Å²) >= 11 is 1.31. The van der Waals surface area contributed by atoms with Gasteiger partial charge in [-0.3, -0.25) is 4.79 Å². The highest BCUT2D eigenvalue weighted by Gasteiger charge is 2.26. The van der Waals surface area contributed by atoms with Gasteiger partial charge in [0.1, 0.15) is 16.3 Å². The molecule has 26 heavy (non-hydrogen) atoms. The first-order valence-electron chi connectivity index (χ1n) is 8.52. The fourth-order valence-corrected chi connectivity index (χ4v) is 3.16. The highest BCUT2D eigenvalue weighted by Crippen LogP contribution is 2.37. The molecule has 0 atom stereocenters. The molecule has 1 N–H and O–H groups in total. The van der Waals surface area contributed by atoms with Gasteiger partial charge in [0.25, 0.3) is 0 Å². The molecule has 2 aromatic rings. The van der Waals surface area contributed by atoms with Crippen LogP contribution in [0, 0.1) is 5.41 Å². The third-order valence-corrected chi connectivity index (χ3v) is 4.62. The fourth-order valence-electron chi connectivity index (χ4n) is 2.21. The number of hydrogen-bond acceptors (Lipinski definition) is 5. The van der Waals surface area contributed by atoms with Crippen LogP contribution in [-0.4, -0.2) is 25.6 Å². The smallest absolute Gasteiger partial charge is 0.341 e. The van der Waals surface area contributed by atoms with Crippen molar-refractivity contribution in [2.45, 2.75) is 34.1 Å². The molecular weight excluding hydrogens is 350 g/mol. The third kappa shape index (κ3) is 4.64. The molecule has 0 fully saturated rings. The van der Waals surface area contributed by atoms with E-state index in [-0.39, 0.29) is 5.91 Å². The Bertz CT molecular complexity index is 772. The van der Waals surface area contributed by atoms with Gasteiger partial charge in [0, 0.05) is 16.4 Å². The number of amides is 1. The minimum atomic E-state index is -0.560. The molecule has 2 rings (SSSR count). The van der Waals surface area contributed by atoms with Crippen molar-refractivity contribution in [3.8, 4) is 16.9 Å². The minimum absolute atomic E-state index is 0.153. The summed E-state index contributed by atoms with van der Waals surface area (Å²) in [6.07, 6.45) is 0.940. The van der Waals surface area contributed by atoms with Crippen LogP contribution in [0.3, 0.4) is 0 Å². The van der Waals surface area contributed by atoms with Crippen molar-refractivity contribution in [3.63, 3.8) is 0 Å². The summed E-state index contributed by atoms with van der Waals surface area (Å²) in [4.78, 5) is 24.7. The van der Waals surface area contributed by atoms with E-state index in [9.17, 15) is 9.59 Å². The molecule has 5 nitrogen and oxygen atoms in total. The van der Waals surface area contributed by atoms with Crippen molar-refractivity contribution in [2.24, 2.45) is 5.41 Å². The SMILES string of the molecule is CCCOc1ccc(-c2csc(NC(=O)C(C)(C)C)c2C(=O)OC)cc1. The lowest BCUT2D eigenvalue weighted by Gasteiger charge is -2.17. The fraction of sp³-hybridized carbons (Fsp3) is 0.400. The van der Waals surface area contributed by atoms with Gasteiger partial charge < -0.3 is 14.8 Å². The average molecular weight is 375 g/mol. The summed E-state index contributed by atoms with van der Waals surface area (Å²) in [5.74, 6) is 0.155. The standard InChI is InChI=1S/C20H25NO4S/c1-6-11-25-14-9-7-13(8-10-14)15-12-26-17(16(15)18(22)24-5)21-19(23)20(2,3)4/h7-10,12H,6,11H2,1-5H3,(H,21,23). The molecule has 6 heteroatoms. The third-order valence-electron chi connectivity index (χ3n) is 3.73. The van der Waals surface area contributed by atoms with Crippen molar-refractivity contribution in [1.82, 2.24) is 0 Å². The second-order valence-electron chi connectivity index (χ2n) is 6.92. The molecule has 0 unspecified atom stereocenters. The lowest BCUT2D eigenvalue weighted by atomic mass is 9.95. The van der Waals surface area contributed by atoms with Gasteiger partial charge in [-0.2, -0.15) is 0 Å². The van der Waals surface area contributed by atoms with Crippen LogP contribution < -0.4 is 10.1 Å². The summed E-state index contributed by atoms with van der Waals surface area (Å²) in [5, 5.41) is 5.20. The van der Waals surface area contributed by atoms with Crippen molar-refractivity contribution >= 4 is 28.2 Å². The molecule has 1 heterocycles. The highest BCUT2D eigenvalue weighted by molar-refractivity contribution is 7.15. The lowest BCUT2D eigenvalue weighted by molar-refractivity contribution is -0.123. The monoisotopic (exact) mass is 375 g/mol. The van der Waals surface area contributed by atoms with Gasteiger partial charge in [-0.05, 0) is 24.1 Å². The summed E-state index contributed by atoms with van der Waals surface area (Å²) < 4.78 is 10.5. The number of ether oxygens (including phenoxy) is 2. The number of carbonyl (C=O) groups excluding carboxylic acids is 2. The van der Waals surface area contributed by atoms with Crippen LogP contribution in [0.25, 0.3) is 11.1 Å². The van der Waals surface area contributed by atoms with Gasteiger partial charge in [-0.1, -0.05) is 39.8 Å². The van der Waals surface area contributed by atoms with Gasteiger partial charge in [0.05, 0.1) is 13.7 Å². The molecule has 140 valence electrons. The number of benzene rings is 1. The molecule has 1 aromatic heterocycles. The summed E-state index contributed by atoms with van der Waals surface area (Å²) in [7, 11) is 1.33. The summed E-state index contributed by atoms with van der Waals surface area (Å²) in [6, 6.07) is 7.54. The number of carbonyl (C=O) groups is 2. The second kappa shape index (κ2) is 8.36. The first-order chi connectivity index (χ1) is 12.3. The zero-order chi connectivity index (χ0) is 19.3. The van der Waals surface area contributed by atoms with Crippen LogP contribution in [0.5, 0.6) is 5.75 Å². The Balaban J connectivity index is 2.37. The van der Waals surface area contributed by atoms with Crippen LogP contribution in [0.15, 0.2) is 29.6 Å². The number of hydrogen-bond donors (Lipinski definition) is 1. The number of nitrogens with one attached hydrogen (secondary N) is 1. The van der Waals surface area contributed by atoms with Crippen LogP contribution in [0.1, 0.15) is 44.5 Å². The Hall–Kier alpha value is -2.34. The van der Waals surface area contributed by atoms with Gasteiger partial charge in [-0.25, -0.2) is 4.79 Å². The van der Waals surface area contributed by atoms with Crippen molar-refractivity contribution in [1.29, 1.82) is 0 Å². The highest BCUT2D eigenvalue weighted by atomic mass is 32.1. The molecule has 0 radical (unpaired) electrons. The lowest BCUT2D eigenvalue weighted by Crippen LogP contribution is -2.28. The molecule has 0 saturated carbocycles. The normalized spacial score (nSPS) is 11.1. The predicted molar refractivity (Wildman–Crippen MR) is 105 cm³/mol. The maximum Gasteiger partial charge on any atom is 0.341 e. The number of anilines is 1. The number of rotatable bonds is 6. The Labute approximate surface area is 158 Å². The van der Waals surface area contributed by atoms with Crippen molar-refractivity contribution in [3.05, 3.63) is 35.2 Å². The summed E-state index contributed by atoms with van der Waals surface area (Å²) in [5.41, 5.74) is 1.41. The largest absolute Gasteiger partial charge is 0.494 e. The molecule has 0 aliphatic rings. The van der Waals surface area contributed by atoms with E-state index >= 15 is 0 Å². The Morgan fingerprint density at radius 2 is 1.81 bits per heavy atom. The van der Waals surface area contributed by atoms with Crippen LogP contribution in [-0.2, 0) is 9.53 Å². The zero-order valence-corrected chi connectivity index (χ0v) is 16.7. The second-order valence-corrected chi connectivity index (χ2v) is 7.80. The molecule has 1 aromatic carbocycles. The molecule has 0 aliphatic heterocycles. The molecular formula is C20H25NO4S. The molecule has 0 saturated heterocycles. The van der Waals surface area contributed by atoms with E-state index in [0.717, 1.165) is 23.3 Å². The molecule has 0 bridgehead atoms. The Morgan fingerprint density at radius 3 is 2.35 bits per heavy atom. The molecule has 0 aliphatic carbocycles. The van der Waals surface area contributed by atoms with Gasteiger partial charge in [0.15, 0.2) is 0 Å². The van der Waals surface area contributed by atoms with Gasteiger partial charge >= 0.3 is 5.97 Å². The van der Waals surface area contributed by atoms with E-state index in [2.05, 4.69) is 12.2 Å². The Kier molecular flexibility index (Phi) is 6.42. The van der Waals surface area contributed by atoms with Crippen molar-refractivity contribution in [2.75, 3.05) is 19.0 Å². The van der Waals surface area contributed by atoms with E-state index in [1.54, 1.807) is 0 Å². The quantitative estimate of drug-likeness (QED) is 0.724. The van der Waals surface area contributed by atoms with E-state index in [1.807, 2.05) is 50.4 Å². The predicted octanol–water partition coefficient (Wildman–Crippen LogP) is 4.98. The first kappa shape index (κ1) is 20.0. The van der Waals surface area contributed by atoms with Crippen LogP contribution in [0.4, 0.5) is 5.00 Å². The van der Waals surface area contributed by atoms with Gasteiger partial charge in [-0.15, -0.1) is 11.3 Å². The molecule has 0 spiro atoms. The van der Waals surface area contributed by atoms with Crippen LogP contribution >= 0.6 is 11.3 Å². The van der Waals surface area contributed by atoms with Crippen molar-refractivity contribution < 1.29 is 19.1 Å². The maximum atomic E-state index is 12.3. The van der Waals surface area contributed by atoms with Gasteiger partial charge in [0.2, 0.25) is 5.91 Å². The zero-order valence-electron chi connectivity index (χ0n) is 15.8. The topological polar surface area (TPSA) is 64.6 Å². The van der Waals surface area contributed by atoms with E-state index < -0.39 is 11.4 Å². The molecule has 1 amide bonds. The van der Waals surface area contributed by atoms with E-state index in [0.29, 0.717) is 17.2 Å². The number of methoxy groups -OCH3 is 1. The number of thiophene rings is 1. The minimum Gasteiger partial charge on any atom is -0.494 e. The van der Waals surface area contributed by atoms with E-state index in [4.69, 9.17) is 9.47 Å². The average Bonchev–Trinajstić information content (AvgIpc) is 3.02. The first-order valence-corrected chi connectivity index (χ1v) is 9.40. The Morgan fingerprint density at radius 1 is 1.15 bits per heavy atom.